The van der Waals surface area contributed by atoms with Gasteiger partial charge in [0.25, 0.3) is 5.56 Å². The van der Waals surface area contributed by atoms with Crippen molar-refractivity contribution in [3.8, 4) is 0 Å². The predicted molar refractivity (Wildman–Crippen MR) is 115 cm³/mol. The Bertz CT molecular complexity index is 1080. The second-order valence-electron chi connectivity index (χ2n) is 9.40. The molecular formula is C23H29N5O3. The van der Waals surface area contributed by atoms with Crippen LogP contribution in [-0.2, 0) is 16.1 Å². The van der Waals surface area contributed by atoms with E-state index in [4.69, 9.17) is 0 Å². The molecule has 0 radical (unpaired) electrons. The molecule has 2 amide bonds. The van der Waals surface area contributed by atoms with Crippen LogP contribution in [0.5, 0.6) is 0 Å². The maximum atomic E-state index is 13.1. The number of carbonyl (C=O) groups is 2. The van der Waals surface area contributed by atoms with Gasteiger partial charge in [-0.1, -0.05) is 6.07 Å². The number of likely N-dealkylation sites (N-methyl/N-ethyl adjacent to an activating group) is 1. The summed E-state index contributed by atoms with van der Waals surface area (Å²) in [5.41, 5.74) is 1.32. The number of aromatic nitrogens is 2. The van der Waals surface area contributed by atoms with Crippen LogP contribution in [0.4, 0.5) is 0 Å². The smallest absolute Gasteiger partial charge is 0.258 e. The topological polar surface area (TPSA) is 78.2 Å². The minimum absolute atomic E-state index is 0.0209. The average molecular weight is 424 g/mol. The van der Waals surface area contributed by atoms with Crippen LogP contribution in [0, 0.1) is 11.8 Å². The van der Waals surface area contributed by atoms with E-state index in [1.165, 1.54) is 0 Å². The summed E-state index contributed by atoms with van der Waals surface area (Å²) in [5, 5.41) is 0. The van der Waals surface area contributed by atoms with Gasteiger partial charge in [-0.15, -0.1) is 0 Å². The monoisotopic (exact) mass is 423 g/mol. The van der Waals surface area contributed by atoms with E-state index >= 15 is 0 Å². The normalized spacial score (nSPS) is 28.5. The molecule has 3 aliphatic heterocycles. The van der Waals surface area contributed by atoms with E-state index in [2.05, 4.69) is 9.88 Å². The Morgan fingerprint density at radius 1 is 1.19 bits per heavy atom. The molecule has 2 aromatic rings. The Labute approximate surface area is 181 Å². The summed E-state index contributed by atoms with van der Waals surface area (Å²) in [4.78, 5) is 49.0. The van der Waals surface area contributed by atoms with Gasteiger partial charge < -0.3 is 9.80 Å². The number of nitrogens with zero attached hydrogens (tertiary/aromatic N) is 5. The minimum atomic E-state index is -0.387. The number of hydrogen-bond acceptors (Lipinski definition) is 5. The van der Waals surface area contributed by atoms with Crippen LogP contribution in [0.3, 0.4) is 0 Å². The molecule has 3 fully saturated rings. The number of pyridine rings is 1. The first-order valence-electron chi connectivity index (χ1n) is 11.1. The number of fused-ring (bicyclic) bond motifs is 5. The SMILES string of the molecule is CN(C)C(=O)[C@H]1[C@H]2C[C@H](CN(Cc3cc(=O)n4ccccc4n3)C2)[C@@H]2CCCC(=O)N21. The molecule has 4 atom stereocenters. The molecule has 5 heterocycles. The van der Waals surface area contributed by atoms with Crippen molar-refractivity contribution in [1.82, 2.24) is 24.1 Å². The van der Waals surface area contributed by atoms with Crippen molar-refractivity contribution in [2.75, 3.05) is 27.2 Å². The third-order valence-corrected chi connectivity index (χ3v) is 7.12. The van der Waals surface area contributed by atoms with Crippen molar-refractivity contribution in [3.63, 3.8) is 0 Å². The van der Waals surface area contributed by atoms with Crippen molar-refractivity contribution < 1.29 is 9.59 Å². The average Bonchev–Trinajstić information content (AvgIpc) is 2.74. The van der Waals surface area contributed by atoms with Crippen molar-refractivity contribution in [1.29, 1.82) is 0 Å². The van der Waals surface area contributed by atoms with Gasteiger partial charge in [0.15, 0.2) is 0 Å². The first-order chi connectivity index (χ1) is 14.9. The summed E-state index contributed by atoms with van der Waals surface area (Å²) in [6.07, 6.45) is 5.10. The molecule has 5 rings (SSSR count). The molecule has 31 heavy (non-hydrogen) atoms. The fourth-order valence-electron chi connectivity index (χ4n) is 5.88. The molecule has 2 aromatic heterocycles. The van der Waals surface area contributed by atoms with Crippen molar-refractivity contribution in [2.24, 2.45) is 11.8 Å². The molecule has 0 spiro atoms. The molecule has 8 nitrogen and oxygen atoms in total. The third-order valence-electron chi connectivity index (χ3n) is 7.12. The largest absolute Gasteiger partial charge is 0.347 e. The van der Waals surface area contributed by atoms with Gasteiger partial charge in [0.2, 0.25) is 11.8 Å². The van der Waals surface area contributed by atoms with E-state index in [-0.39, 0.29) is 35.4 Å². The van der Waals surface area contributed by atoms with E-state index in [0.717, 1.165) is 38.0 Å². The predicted octanol–water partition coefficient (Wildman–Crippen LogP) is 0.984. The summed E-state index contributed by atoms with van der Waals surface area (Å²) in [6.45, 7) is 2.17. The minimum Gasteiger partial charge on any atom is -0.347 e. The van der Waals surface area contributed by atoms with Crippen molar-refractivity contribution in [3.05, 3.63) is 46.5 Å². The van der Waals surface area contributed by atoms with E-state index in [0.29, 0.717) is 24.5 Å². The summed E-state index contributed by atoms with van der Waals surface area (Å²) in [5.74, 6) is 0.612. The van der Waals surface area contributed by atoms with Gasteiger partial charge in [-0.2, -0.15) is 0 Å². The first-order valence-corrected chi connectivity index (χ1v) is 11.1. The molecule has 0 aliphatic carbocycles. The maximum absolute atomic E-state index is 13.1. The standard InChI is InChI=1S/C23H29N5O3/c1-25(2)23(31)22-16-10-15(18-6-5-8-20(29)28(18)22)12-26(13-16)14-17-11-21(30)27-9-4-3-7-19(27)24-17/h3-4,7,9,11,15-16,18,22H,5-6,8,10,12-14H2,1-2H3/t15-,16+,18+,22-/m1/s1. The Morgan fingerprint density at radius 3 is 2.81 bits per heavy atom. The summed E-state index contributed by atoms with van der Waals surface area (Å²) in [7, 11) is 3.54. The molecule has 0 N–H and O–H groups in total. The lowest BCUT2D eigenvalue weighted by Crippen LogP contribution is -2.68. The van der Waals surface area contributed by atoms with Crippen LogP contribution in [-0.4, -0.2) is 75.2 Å². The van der Waals surface area contributed by atoms with E-state index in [9.17, 15) is 14.4 Å². The van der Waals surface area contributed by atoms with Gasteiger partial charge in [0.1, 0.15) is 11.7 Å². The Hall–Kier alpha value is -2.74. The molecule has 0 saturated carbocycles. The van der Waals surface area contributed by atoms with Gasteiger partial charge in [0.05, 0.1) is 5.69 Å². The quantitative estimate of drug-likeness (QED) is 0.736. The fourth-order valence-corrected chi connectivity index (χ4v) is 5.88. The molecule has 3 saturated heterocycles. The Kier molecular flexibility index (Phi) is 5.04. The number of amides is 2. The molecule has 164 valence electrons. The van der Waals surface area contributed by atoms with Gasteiger partial charge >= 0.3 is 0 Å². The van der Waals surface area contributed by atoms with Crippen molar-refractivity contribution in [2.45, 2.75) is 44.3 Å². The van der Waals surface area contributed by atoms with Crippen LogP contribution in [0.2, 0.25) is 0 Å². The lowest BCUT2D eigenvalue weighted by atomic mass is 9.71. The van der Waals surface area contributed by atoms with Gasteiger partial charge in [-0.3, -0.25) is 23.7 Å². The molecule has 8 heteroatoms. The third kappa shape index (κ3) is 3.52. The lowest BCUT2D eigenvalue weighted by Gasteiger charge is -2.56. The van der Waals surface area contributed by atoms with Crippen LogP contribution in [0.25, 0.3) is 5.65 Å². The lowest BCUT2D eigenvalue weighted by molar-refractivity contribution is -0.164. The number of hydrogen-bond donors (Lipinski definition) is 0. The van der Waals surface area contributed by atoms with E-state index in [1.54, 1.807) is 35.7 Å². The highest BCUT2D eigenvalue weighted by atomic mass is 16.2. The highest BCUT2D eigenvalue weighted by Gasteiger charge is 2.52. The van der Waals surface area contributed by atoms with Gasteiger partial charge in [-0.05, 0) is 37.3 Å². The molecular weight excluding hydrogens is 394 g/mol. The van der Waals surface area contributed by atoms with Crippen LogP contribution < -0.4 is 5.56 Å². The Morgan fingerprint density at radius 2 is 2.00 bits per heavy atom. The van der Waals surface area contributed by atoms with Gasteiger partial charge in [0, 0.05) is 64.4 Å². The van der Waals surface area contributed by atoms with E-state index < -0.39 is 0 Å². The second-order valence-corrected chi connectivity index (χ2v) is 9.40. The first kappa shape index (κ1) is 20.2. The van der Waals surface area contributed by atoms with E-state index in [1.807, 2.05) is 23.1 Å². The summed E-state index contributed by atoms with van der Waals surface area (Å²) >= 11 is 0. The summed E-state index contributed by atoms with van der Waals surface area (Å²) < 4.78 is 1.55. The zero-order valence-corrected chi connectivity index (χ0v) is 18.1. The fraction of sp³-hybridized carbons (Fsp3) is 0.565. The van der Waals surface area contributed by atoms with Crippen LogP contribution >= 0.6 is 0 Å². The van der Waals surface area contributed by atoms with Gasteiger partial charge in [-0.25, -0.2) is 4.98 Å². The Balaban J connectivity index is 1.43. The second kappa shape index (κ2) is 7.75. The zero-order valence-electron chi connectivity index (χ0n) is 18.1. The maximum Gasteiger partial charge on any atom is 0.258 e. The molecule has 2 bridgehead atoms. The molecule has 0 unspecified atom stereocenters. The number of piperidine rings is 3. The summed E-state index contributed by atoms with van der Waals surface area (Å²) in [6, 6.07) is 6.89. The molecule has 3 aliphatic rings. The highest BCUT2D eigenvalue weighted by Crippen LogP contribution is 2.42. The number of rotatable bonds is 3. The zero-order chi connectivity index (χ0) is 21.7. The van der Waals surface area contributed by atoms with Crippen LogP contribution in [0.1, 0.15) is 31.4 Å². The highest BCUT2D eigenvalue weighted by molar-refractivity contribution is 5.88. The number of likely N-dealkylation sites (tertiary alicyclic amines) is 1. The number of carbonyl (C=O) groups excluding carboxylic acids is 2. The van der Waals surface area contributed by atoms with Crippen LogP contribution in [0.15, 0.2) is 35.3 Å². The molecule has 0 aromatic carbocycles. The van der Waals surface area contributed by atoms with Crippen molar-refractivity contribution >= 4 is 17.5 Å².